The van der Waals surface area contributed by atoms with Crippen LogP contribution >= 0.6 is 23.2 Å². The predicted octanol–water partition coefficient (Wildman–Crippen LogP) is 3.88. The van der Waals surface area contributed by atoms with Gasteiger partial charge in [0.15, 0.2) is 6.04 Å². The number of amides is 1. The minimum atomic E-state index is -0.603. The first-order chi connectivity index (χ1) is 12.8. The Balaban J connectivity index is 2.14. The Morgan fingerprint density at radius 1 is 1.15 bits per heavy atom. The highest BCUT2D eigenvalue weighted by atomic mass is 35.5. The molecule has 0 aromatic heterocycles. The molecule has 144 valence electrons. The van der Waals surface area contributed by atoms with Crippen LogP contribution in [-0.4, -0.2) is 40.1 Å². The van der Waals surface area contributed by atoms with Gasteiger partial charge in [-0.3, -0.25) is 4.79 Å². The van der Waals surface area contributed by atoms with Crippen LogP contribution in [0.2, 0.25) is 10.0 Å². The molecule has 1 saturated heterocycles. The monoisotopic (exact) mass is 409 g/mol. The van der Waals surface area contributed by atoms with E-state index in [9.17, 15) is 15.1 Å². The van der Waals surface area contributed by atoms with Gasteiger partial charge >= 0.3 is 0 Å². The largest absolute Gasteiger partial charge is 0.387 e. The average molecular weight is 410 g/mol. The number of benzene rings is 2. The van der Waals surface area contributed by atoms with Crippen LogP contribution in [0.1, 0.15) is 36.6 Å². The van der Waals surface area contributed by atoms with Crippen molar-refractivity contribution in [3.8, 4) is 0 Å². The molecule has 3 rings (SSSR count). The molecule has 3 N–H and O–H groups in total. The fourth-order valence-electron chi connectivity index (χ4n) is 3.84. The molecule has 0 aliphatic carbocycles. The van der Waals surface area contributed by atoms with Crippen LogP contribution in [0.15, 0.2) is 48.5 Å². The minimum absolute atomic E-state index is 0.174. The number of halogens is 2. The minimum Gasteiger partial charge on any atom is -0.387 e. The van der Waals surface area contributed by atoms with Crippen LogP contribution in [0.25, 0.3) is 0 Å². The van der Waals surface area contributed by atoms with E-state index in [0.29, 0.717) is 23.0 Å². The summed E-state index contributed by atoms with van der Waals surface area (Å²) in [7, 11) is 0. The lowest BCUT2D eigenvalue weighted by molar-refractivity contribution is -1.12. The molecule has 1 heterocycles. The van der Waals surface area contributed by atoms with Crippen LogP contribution in [0.4, 0.5) is 0 Å². The van der Waals surface area contributed by atoms with Crippen molar-refractivity contribution < 1.29 is 19.8 Å². The number of likely N-dealkylation sites (tertiary alicyclic amines) is 1. The van der Waals surface area contributed by atoms with Gasteiger partial charge in [0, 0.05) is 18.9 Å². The maximum absolute atomic E-state index is 12.0. The van der Waals surface area contributed by atoms with Gasteiger partial charge in [-0.15, -0.1) is 0 Å². The van der Waals surface area contributed by atoms with E-state index >= 15 is 0 Å². The molecule has 1 aliphatic rings. The second kappa shape index (κ2) is 8.17. The van der Waals surface area contributed by atoms with Crippen molar-refractivity contribution in [3.05, 3.63) is 69.7 Å². The number of aliphatic hydroxyl groups is 1. The molecule has 7 heteroatoms. The lowest BCUT2D eigenvalue weighted by Crippen LogP contribution is -2.51. The van der Waals surface area contributed by atoms with Crippen LogP contribution < -0.4 is 5.32 Å². The fraction of sp³-hybridized carbons (Fsp3) is 0.350. The van der Waals surface area contributed by atoms with E-state index in [1.807, 2.05) is 30.3 Å². The van der Waals surface area contributed by atoms with Crippen LogP contribution in [0.5, 0.6) is 0 Å². The first-order valence-electron chi connectivity index (χ1n) is 8.85. The van der Waals surface area contributed by atoms with Gasteiger partial charge in [0.1, 0.15) is 25.2 Å². The summed E-state index contributed by atoms with van der Waals surface area (Å²) < 4.78 is -0.390. The van der Waals surface area contributed by atoms with Gasteiger partial charge in [0.2, 0.25) is 5.91 Å². The molecule has 2 unspecified atom stereocenters. The third-order valence-electron chi connectivity index (χ3n) is 5.01. The van der Waals surface area contributed by atoms with Gasteiger partial charge < -0.3 is 10.4 Å². The normalized spacial score (nSPS) is 24.4. The Hall–Kier alpha value is -1.63. The molecule has 0 saturated carbocycles. The standard InChI is InChI=1S/C20H22Cl2N2O3/c1-13(25)23-19(14-5-3-2-4-6-14)20(24(27)10-9-16(26)12-24)15-7-8-17(21)18(22)11-15/h2-8,11,16,19-20,26-27H,9-10,12H2,1H3/p+1/t16-,19+,20?,24?/m0/s1. The van der Waals surface area contributed by atoms with Crippen molar-refractivity contribution in [2.45, 2.75) is 31.5 Å². The van der Waals surface area contributed by atoms with Crippen LogP contribution in [-0.2, 0) is 4.79 Å². The number of rotatable bonds is 5. The molecule has 1 aliphatic heterocycles. The second-order valence-electron chi connectivity index (χ2n) is 7.04. The first kappa shape index (κ1) is 20.1. The quantitative estimate of drug-likeness (QED) is 0.656. The number of quaternary nitrogens is 1. The van der Waals surface area contributed by atoms with Crippen molar-refractivity contribution in [2.75, 3.05) is 13.1 Å². The summed E-state index contributed by atoms with van der Waals surface area (Å²) in [6.45, 7) is 1.99. The highest BCUT2D eigenvalue weighted by molar-refractivity contribution is 6.42. The maximum atomic E-state index is 12.0. The van der Waals surface area contributed by atoms with E-state index in [2.05, 4.69) is 5.32 Å². The Kier molecular flexibility index (Phi) is 6.08. The van der Waals surface area contributed by atoms with Crippen molar-refractivity contribution in [1.29, 1.82) is 0 Å². The zero-order valence-corrected chi connectivity index (χ0v) is 16.5. The topological polar surface area (TPSA) is 69.6 Å². The number of nitrogens with one attached hydrogen (secondary N) is 1. The summed E-state index contributed by atoms with van der Waals surface area (Å²) in [5, 5.41) is 25.3. The highest BCUT2D eigenvalue weighted by Crippen LogP contribution is 2.42. The molecule has 1 amide bonds. The van der Waals surface area contributed by atoms with E-state index in [-0.39, 0.29) is 17.1 Å². The van der Waals surface area contributed by atoms with Gasteiger partial charge in [0.05, 0.1) is 10.0 Å². The predicted molar refractivity (Wildman–Crippen MR) is 105 cm³/mol. The molecule has 5 nitrogen and oxygen atoms in total. The van der Waals surface area contributed by atoms with Crippen LogP contribution in [0, 0.1) is 0 Å². The summed E-state index contributed by atoms with van der Waals surface area (Å²) in [4.78, 5) is 12.0. The molecule has 2 aromatic carbocycles. The number of carbonyl (C=O) groups excluding carboxylic acids is 1. The van der Waals surface area contributed by atoms with E-state index in [1.54, 1.807) is 18.2 Å². The summed E-state index contributed by atoms with van der Waals surface area (Å²) in [5.41, 5.74) is 1.60. The molecule has 27 heavy (non-hydrogen) atoms. The van der Waals surface area contributed by atoms with Gasteiger partial charge in [-0.1, -0.05) is 59.6 Å². The first-order valence-corrected chi connectivity index (χ1v) is 9.60. The molecule has 4 atom stereocenters. The summed E-state index contributed by atoms with van der Waals surface area (Å²) in [6, 6.07) is 13.6. The fourth-order valence-corrected chi connectivity index (χ4v) is 4.15. The molecule has 0 spiro atoms. The molecular formula is C20H23Cl2N2O3+. The lowest BCUT2D eigenvalue weighted by atomic mass is 9.91. The van der Waals surface area contributed by atoms with E-state index in [4.69, 9.17) is 23.2 Å². The van der Waals surface area contributed by atoms with Gasteiger partial charge in [0.25, 0.3) is 0 Å². The molecule has 0 bridgehead atoms. The summed E-state index contributed by atoms with van der Waals surface area (Å²) in [5.74, 6) is -0.208. The maximum Gasteiger partial charge on any atom is 0.217 e. The Morgan fingerprint density at radius 2 is 1.85 bits per heavy atom. The Morgan fingerprint density at radius 3 is 2.41 bits per heavy atom. The van der Waals surface area contributed by atoms with Gasteiger partial charge in [-0.05, 0) is 17.7 Å². The SMILES string of the molecule is CC(=O)N[C@H](c1ccccc1)C(c1ccc(Cl)c(Cl)c1)[N+]1(O)CC[C@H](O)C1. The second-order valence-corrected chi connectivity index (χ2v) is 7.86. The number of hydroxylamine groups is 3. The van der Waals surface area contributed by atoms with E-state index in [0.717, 1.165) is 11.1 Å². The molecule has 1 fully saturated rings. The molecule has 0 radical (unpaired) electrons. The van der Waals surface area contributed by atoms with Gasteiger partial charge in [-0.25, -0.2) is 5.21 Å². The number of aliphatic hydroxyl groups excluding tert-OH is 1. The summed E-state index contributed by atoms with van der Waals surface area (Å²) in [6.07, 6.45) is -0.121. The zero-order valence-electron chi connectivity index (χ0n) is 15.0. The average Bonchev–Trinajstić information content (AvgIpc) is 2.97. The number of carbonyl (C=O) groups is 1. The Labute approximate surface area is 168 Å². The zero-order chi connectivity index (χ0) is 19.6. The Bertz CT molecular complexity index is 818. The molecular weight excluding hydrogens is 387 g/mol. The number of hydrogen-bond donors (Lipinski definition) is 3. The lowest BCUT2D eigenvalue weighted by Gasteiger charge is -2.39. The van der Waals surface area contributed by atoms with Gasteiger partial charge in [-0.2, -0.15) is 4.65 Å². The van der Waals surface area contributed by atoms with Crippen LogP contribution in [0.3, 0.4) is 0 Å². The third kappa shape index (κ3) is 4.45. The molecule has 2 aromatic rings. The van der Waals surface area contributed by atoms with Crippen molar-refractivity contribution in [3.63, 3.8) is 0 Å². The third-order valence-corrected chi connectivity index (χ3v) is 5.75. The van der Waals surface area contributed by atoms with E-state index < -0.39 is 18.2 Å². The van der Waals surface area contributed by atoms with Crippen molar-refractivity contribution in [1.82, 2.24) is 5.32 Å². The number of hydrogen-bond acceptors (Lipinski definition) is 3. The van der Waals surface area contributed by atoms with Crippen molar-refractivity contribution in [2.24, 2.45) is 0 Å². The highest BCUT2D eigenvalue weighted by Gasteiger charge is 2.49. The smallest absolute Gasteiger partial charge is 0.217 e. The van der Waals surface area contributed by atoms with E-state index in [1.165, 1.54) is 6.92 Å². The summed E-state index contributed by atoms with van der Waals surface area (Å²) >= 11 is 12.3. The van der Waals surface area contributed by atoms with Crippen molar-refractivity contribution >= 4 is 29.1 Å². The number of nitrogens with zero attached hydrogens (tertiary/aromatic N) is 1.